The fraction of sp³-hybridized carbons (Fsp3) is 0.362. The number of hydrogen-bond donors (Lipinski definition) is 5. The molecule has 67 heavy (non-hydrogen) atoms. The third-order valence-electron chi connectivity index (χ3n) is 12.4. The third-order valence-corrected chi connectivity index (χ3v) is 13.9. The molecule has 0 spiro atoms. The number of aromatic amines is 1. The summed E-state index contributed by atoms with van der Waals surface area (Å²) in [7, 11) is -2.84. The number of anilines is 2. The smallest absolute Gasteiger partial charge is 0.301 e. The van der Waals surface area contributed by atoms with Crippen LogP contribution in [-0.4, -0.2) is 121 Å². The number of H-pyrrole nitrogens is 1. The van der Waals surface area contributed by atoms with E-state index in [1.807, 2.05) is 48.5 Å². The van der Waals surface area contributed by atoms with Crippen molar-refractivity contribution in [2.45, 2.75) is 63.5 Å². The summed E-state index contributed by atoms with van der Waals surface area (Å²) in [5.74, 6) is -3.11. The van der Waals surface area contributed by atoms with Gasteiger partial charge in [-0.2, -0.15) is 12.7 Å². The molecule has 5 N–H and O–H groups in total. The molecule has 3 aliphatic heterocycles. The Labute approximate surface area is 386 Å². The quantitative estimate of drug-likeness (QED) is 0.0551. The average molecular weight is 943 g/mol. The van der Waals surface area contributed by atoms with Crippen LogP contribution in [0.3, 0.4) is 0 Å². The third kappa shape index (κ3) is 11.4. The van der Waals surface area contributed by atoms with Gasteiger partial charge in [0.05, 0.1) is 17.8 Å². The highest BCUT2D eigenvalue weighted by Crippen LogP contribution is 2.32. The Balaban J connectivity index is 0.00000216. The van der Waals surface area contributed by atoms with E-state index in [9.17, 15) is 27.6 Å². The number of carbonyl (C=O) groups is 5. The molecule has 0 aliphatic carbocycles. The number of nitrogens with one attached hydrogen (secondary N) is 4. The van der Waals surface area contributed by atoms with Crippen molar-refractivity contribution in [2.24, 2.45) is 0 Å². The Hall–Kier alpha value is -6.77. The number of pyridine rings is 1. The van der Waals surface area contributed by atoms with Crippen LogP contribution in [0.25, 0.3) is 22.2 Å². The number of amides is 3. The molecule has 354 valence electrons. The lowest BCUT2D eigenvalue weighted by Crippen LogP contribution is -2.48. The maximum atomic E-state index is 15.6. The topological polar surface area (TPSA) is 223 Å². The number of benzene rings is 3. The molecular formula is C47H52F2N8O9S. The normalized spacial score (nSPS) is 17.4. The zero-order valence-corrected chi connectivity index (χ0v) is 37.8. The van der Waals surface area contributed by atoms with Crippen LogP contribution in [0, 0.1) is 11.6 Å². The van der Waals surface area contributed by atoms with E-state index in [1.165, 1.54) is 18.8 Å². The lowest BCUT2D eigenvalue weighted by molar-refractivity contribution is -0.139. The first kappa shape index (κ1) is 48.2. The number of likely N-dealkylation sites (tertiary alicyclic amines) is 1. The lowest BCUT2D eigenvalue weighted by Gasteiger charge is -2.35. The molecule has 0 bridgehead atoms. The molecule has 8 rings (SSSR count). The first-order valence-electron chi connectivity index (χ1n) is 22.0. The number of carbonyl (C=O) groups excluding carboxylic acids is 4. The summed E-state index contributed by atoms with van der Waals surface area (Å²) in [6.45, 7) is 4.97. The SMILES string of the molecule is CCN(C)S(=O)(=O)Nc1ccc(F)c(C(=O)c2c[nH]c3ncc(-c4ccc(N5CCC(NC(=O)CN6CCC(c7ccc(OC8CCC(=O)NC8=O)cc7)CC6)CC5)cc4)cc23)c1F.O=CO. The van der Waals surface area contributed by atoms with Crippen molar-refractivity contribution < 1.29 is 51.0 Å². The van der Waals surface area contributed by atoms with E-state index in [0.29, 0.717) is 41.2 Å². The van der Waals surface area contributed by atoms with Gasteiger partial charge >= 0.3 is 10.2 Å². The number of carboxylic acid groups (broad SMARTS) is 1. The second-order valence-electron chi connectivity index (χ2n) is 16.6. The van der Waals surface area contributed by atoms with Gasteiger partial charge in [0.1, 0.15) is 17.2 Å². The molecule has 0 radical (unpaired) electrons. The van der Waals surface area contributed by atoms with E-state index in [2.05, 4.69) is 35.1 Å². The highest BCUT2D eigenvalue weighted by Gasteiger charge is 2.30. The minimum absolute atomic E-state index is 0.0237. The van der Waals surface area contributed by atoms with E-state index in [4.69, 9.17) is 14.6 Å². The van der Waals surface area contributed by atoms with Crippen LogP contribution in [0.4, 0.5) is 20.2 Å². The average Bonchev–Trinajstić information content (AvgIpc) is 3.75. The largest absolute Gasteiger partial charge is 0.483 e. The number of aromatic nitrogens is 2. The van der Waals surface area contributed by atoms with Gasteiger partial charge in [0.15, 0.2) is 11.9 Å². The number of ketones is 1. The van der Waals surface area contributed by atoms with E-state index >= 15 is 8.78 Å². The van der Waals surface area contributed by atoms with Gasteiger partial charge in [-0.15, -0.1) is 0 Å². The Bertz CT molecular complexity index is 2720. The molecule has 3 fully saturated rings. The zero-order chi connectivity index (χ0) is 47.8. The Morgan fingerprint density at radius 2 is 1.64 bits per heavy atom. The number of hydrogen-bond acceptors (Lipinski definition) is 11. The highest BCUT2D eigenvalue weighted by molar-refractivity contribution is 7.90. The fourth-order valence-electron chi connectivity index (χ4n) is 8.53. The Kier molecular flexibility index (Phi) is 15.3. The molecule has 3 amide bonds. The molecule has 1 unspecified atom stereocenters. The molecular weight excluding hydrogens is 891 g/mol. The summed E-state index contributed by atoms with van der Waals surface area (Å²) < 4.78 is 64.6. The van der Waals surface area contributed by atoms with Crippen molar-refractivity contribution in [3.05, 3.63) is 107 Å². The fourth-order valence-corrected chi connectivity index (χ4v) is 9.46. The molecule has 2 aromatic heterocycles. The molecule has 20 heteroatoms. The number of ether oxygens (including phenoxy) is 1. The summed E-state index contributed by atoms with van der Waals surface area (Å²) in [6.07, 6.45) is 6.40. The van der Waals surface area contributed by atoms with E-state index < -0.39 is 50.9 Å². The van der Waals surface area contributed by atoms with Gasteiger partial charge in [-0.1, -0.05) is 31.2 Å². The van der Waals surface area contributed by atoms with Crippen LogP contribution in [-0.2, 0) is 29.4 Å². The van der Waals surface area contributed by atoms with Crippen LogP contribution < -0.4 is 25.0 Å². The monoisotopic (exact) mass is 942 g/mol. The van der Waals surface area contributed by atoms with Crippen molar-refractivity contribution >= 4 is 62.6 Å². The summed E-state index contributed by atoms with van der Waals surface area (Å²) >= 11 is 0. The molecule has 3 aliphatic rings. The predicted molar refractivity (Wildman–Crippen MR) is 246 cm³/mol. The first-order valence-corrected chi connectivity index (χ1v) is 23.4. The number of imide groups is 1. The van der Waals surface area contributed by atoms with Gasteiger partial charge in [-0.3, -0.25) is 38.9 Å². The lowest BCUT2D eigenvalue weighted by atomic mass is 9.89. The van der Waals surface area contributed by atoms with Crippen molar-refractivity contribution in [2.75, 3.05) is 55.9 Å². The van der Waals surface area contributed by atoms with E-state index in [1.54, 1.807) is 19.2 Å². The molecule has 5 aromatic rings. The number of piperidine rings is 3. The summed E-state index contributed by atoms with van der Waals surface area (Å²) in [4.78, 5) is 70.4. The van der Waals surface area contributed by atoms with Crippen molar-refractivity contribution in [3.63, 3.8) is 0 Å². The van der Waals surface area contributed by atoms with Gasteiger partial charge < -0.3 is 25.0 Å². The van der Waals surface area contributed by atoms with Gasteiger partial charge in [0.2, 0.25) is 17.6 Å². The van der Waals surface area contributed by atoms with E-state index in [-0.39, 0.29) is 42.9 Å². The van der Waals surface area contributed by atoms with E-state index in [0.717, 1.165) is 79.6 Å². The standard InChI is InChI=1S/C46H50F2N8O7S.CH2O2/c1-3-54(2)64(61,62)53-38-13-12-37(47)42(43(38)48)44(59)36-26-50-45-35(36)24-31(25-49-45)29-4-8-33(9-5-29)56-22-18-32(19-23-56)51-41(58)27-55-20-16-30(17-21-55)28-6-10-34(11-7-28)63-39-14-15-40(57)52-46(39)60;2-1-3/h4-13,24-26,30,32,39,53H,3,14-23,27H2,1-2H3,(H,49,50)(H,51,58)(H,52,57,60);1H,(H,2,3). The van der Waals surface area contributed by atoms with Crippen LogP contribution in [0.15, 0.2) is 79.1 Å². The molecule has 1 atom stereocenters. The van der Waals surface area contributed by atoms with Gasteiger partial charge in [0, 0.05) is 80.2 Å². The molecule has 3 aromatic carbocycles. The van der Waals surface area contributed by atoms with Gasteiger partial charge in [-0.25, -0.2) is 13.8 Å². The maximum Gasteiger partial charge on any atom is 0.301 e. The Morgan fingerprint density at radius 3 is 2.30 bits per heavy atom. The second kappa shape index (κ2) is 21.2. The zero-order valence-electron chi connectivity index (χ0n) is 37.0. The van der Waals surface area contributed by atoms with Crippen LogP contribution in [0.5, 0.6) is 5.75 Å². The minimum atomic E-state index is -4.14. The van der Waals surface area contributed by atoms with Crippen molar-refractivity contribution in [1.29, 1.82) is 0 Å². The Morgan fingerprint density at radius 1 is 0.955 bits per heavy atom. The number of rotatable bonds is 14. The van der Waals surface area contributed by atoms with Crippen LogP contribution in [0.1, 0.15) is 72.9 Å². The maximum absolute atomic E-state index is 15.6. The molecule has 0 saturated carbocycles. The molecule has 5 heterocycles. The predicted octanol–water partition coefficient (Wildman–Crippen LogP) is 5.20. The minimum Gasteiger partial charge on any atom is -0.483 e. The number of nitrogens with zero attached hydrogens (tertiary/aromatic N) is 4. The first-order chi connectivity index (χ1) is 32.2. The van der Waals surface area contributed by atoms with Gasteiger partial charge in [0.25, 0.3) is 12.4 Å². The summed E-state index contributed by atoms with van der Waals surface area (Å²) in [5, 5.41) is 12.8. The summed E-state index contributed by atoms with van der Waals surface area (Å²) in [5.41, 5.74) is 2.58. The summed E-state index contributed by atoms with van der Waals surface area (Å²) in [6, 6.07) is 19.3. The van der Waals surface area contributed by atoms with Crippen LogP contribution >= 0.6 is 0 Å². The molecule has 17 nitrogen and oxygen atoms in total. The molecule has 3 saturated heterocycles. The van der Waals surface area contributed by atoms with Crippen molar-refractivity contribution in [1.82, 2.24) is 29.8 Å². The number of halogens is 2. The highest BCUT2D eigenvalue weighted by atomic mass is 32.2. The van der Waals surface area contributed by atoms with Crippen LogP contribution in [0.2, 0.25) is 0 Å². The van der Waals surface area contributed by atoms with Gasteiger partial charge in [-0.05, 0) is 98.3 Å². The second-order valence-corrected chi connectivity index (χ2v) is 18.4. The van der Waals surface area contributed by atoms with Crippen molar-refractivity contribution in [3.8, 4) is 16.9 Å². The number of fused-ring (bicyclic) bond motifs is 1.